The molecule has 0 rings (SSSR count). The first-order valence-electron chi connectivity index (χ1n) is 5.78. The van der Waals surface area contributed by atoms with Crippen molar-refractivity contribution in [2.24, 2.45) is 0 Å². The number of nitrogens with zero attached hydrogens (tertiary/aromatic N) is 2. The SMILES string of the molecule is C#CCN(C)S(=O)(=O)N(C)CCCNCCC. The average Bonchev–Trinajstić information content (AvgIpc) is 2.28. The van der Waals surface area contributed by atoms with Crippen LogP contribution < -0.4 is 5.32 Å². The number of nitrogens with one attached hydrogen (secondary N) is 1. The van der Waals surface area contributed by atoms with E-state index in [9.17, 15) is 8.42 Å². The molecule has 0 aromatic heterocycles. The molecule has 0 aliphatic rings. The fourth-order valence-corrected chi connectivity index (χ4v) is 2.37. The Morgan fingerprint density at radius 2 is 1.88 bits per heavy atom. The van der Waals surface area contributed by atoms with Crippen LogP contribution >= 0.6 is 0 Å². The second-order valence-electron chi connectivity index (χ2n) is 3.89. The first kappa shape index (κ1) is 16.4. The number of hydrogen-bond acceptors (Lipinski definition) is 3. The predicted molar refractivity (Wildman–Crippen MR) is 70.8 cm³/mol. The van der Waals surface area contributed by atoms with E-state index in [2.05, 4.69) is 18.2 Å². The first-order valence-corrected chi connectivity index (χ1v) is 7.18. The highest BCUT2D eigenvalue weighted by molar-refractivity contribution is 7.86. The fourth-order valence-electron chi connectivity index (χ4n) is 1.29. The summed E-state index contributed by atoms with van der Waals surface area (Å²) in [5.41, 5.74) is 0. The maximum Gasteiger partial charge on any atom is 0.282 e. The molecule has 0 atom stereocenters. The molecule has 0 aliphatic heterocycles. The Balaban J connectivity index is 4.04. The van der Waals surface area contributed by atoms with Crippen LogP contribution in [-0.2, 0) is 10.2 Å². The van der Waals surface area contributed by atoms with Gasteiger partial charge in [0.25, 0.3) is 10.2 Å². The van der Waals surface area contributed by atoms with Gasteiger partial charge in [0.15, 0.2) is 0 Å². The van der Waals surface area contributed by atoms with Crippen molar-refractivity contribution in [3.05, 3.63) is 0 Å². The largest absolute Gasteiger partial charge is 0.317 e. The standard InChI is InChI=1S/C11H23N3O2S/c1-5-8-12-9-7-11-14(4)17(15,16)13(3)10-6-2/h2,12H,5,7-11H2,1,3-4H3. The molecule has 6 heteroatoms. The maximum absolute atomic E-state index is 11.9. The van der Waals surface area contributed by atoms with Crippen molar-refractivity contribution in [3.8, 4) is 12.3 Å². The Hall–Kier alpha value is -0.610. The van der Waals surface area contributed by atoms with Gasteiger partial charge in [-0.25, -0.2) is 0 Å². The first-order chi connectivity index (χ1) is 7.96. The van der Waals surface area contributed by atoms with Crippen LogP contribution in [0.1, 0.15) is 19.8 Å². The molecule has 0 heterocycles. The van der Waals surface area contributed by atoms with Crippen molar-refractivity contribution >= 4 is 10.2 Å². The van der Waals surface area contributed by atoms with Crippen molar-refractivity contribution in [2.45, 2.75) is 19.8 Å². The van der Waals surface area contributed by atoms with Crippen LogP contribution in [0.15, 0.2) is 0 Å². The minimum Gasteiger partial charge on any atom is -0.317 e. The molecular formula is C11H23N3O2S. The van der Waals surface area contributed by atoms with Crippen LogP contribution in [0.3, 0.4) is 0 Å². The molecule has 17 heavy (non-hydrogen) atoms. The highest BCUT2D eigenvalue weighted by Crippen LogP contribution is 2.03. The zero-order chi connectivity index (χ0) is 13.3. The van der Waals surface area contributed by atoms with Gasteiger partial charge in [0.05, 0.1) is 6.54 Å². The lowest BCUT2D eigenvalue weighted by Crippen LogP contribution is -2.40. The van der Waals surface area contributed by atoms with Gasteiger partial charge in [-0.1, -0.05) is 12.8 Å². The third-order valence-electron chi connectivity index (χ3n) is 2.36. The molecule has 1 N–H and O–H groups in total. The van der Waals surface area contributed by atoms with E-state index >= 15 is 0 Å². The van der Waals surface area contributed by atoms with Crippen LogP contribution in [-0.4, -0.2) is 57.3 Å². The van der Waals surface area contributed by atoms with Crippen molar-refractivity contribution in [1.82, 2.24) is 13.9 Å². The molecular weight excluding hydrogens is 238 g/mol. The lowest BCUT2D eigenvalue weighted by atomic mass is 10.4. The van der Waals surface area contributed by atoms with Crippen molar-refractivity contribution in [3.63, 3.8) is 0 Å². The molecule has 0 bridgehead atoms. The van der Waals surface area contributed by atoms with Gasteiger partial charge in [0.1, 0.15) is 0 Å². The molecule has 0 saturated carbocycles. The van der Waals surface area contributed by atoms with E-state index in [-0.39, 0.29) is 6.54 Å². The van der Waals surface area contributed by atoms with Gasteiger partial charge in [-0.2, -0.15) is 17.0 Å². The summed E-state index contributed by atoms with van der Waals surface area (Å²) in [7, 11) is -0.339. The van der Waals surface area contributed by atoms with Crippen molar-refractivity contribution in [1.29, 1.82) is 0 Å². The molecule has 0 saturated heterocycles. The Morgan fingerprint density at radius 3 is 2.41 bits per heavy atom. The molecule has 0 aromatic carbocycles. The Bertz CT molecular complexity index is 335. The lowest BCUT2D eigenvalue weighted by molar-refractivity contribution is 0.401. The molecule has 100 valence electrons. The zero-order valence-corrected chi connectivity index (χ0v) is 11.8. The summed E-state index contributed by atoms with van der Waals surface area (Å²) in [6, 6.07) is 0. The van der Waals surface area contributed by atoms with Gasteiger partial charge in [0.2, 0.25) is 0 Å². The van der Waals surface area contributed by atoms with Gasteiger partial charge in [-0.05, 0) is 25.9 Å². The molecule has 0 spiro atoms. The predicted octanol–water partition coefficient (Wildman–Crippen LogP) is 0.118. The fraction of sp³-hybridized carbons (Fsp3) is 0.818. The van der Waals surface area contributed by atoms with Crippen LogP contribution in [0.5, 0.6) is 0 Å². The molecule has 0 fully saturated rings. The summed E-state index contributed by atoms with van der Waals surface area (Å²) >= 11 is 0. The van der Waals surface area contributed by atoms with Crippen LogP contribution in [0.25, 0.3) is 0 Å². The number of rotatable bonds is 9. The van der Waals surface area contributed by atoms with E-state index in [4.69, 9.17) is 6.42 Å². The topological polar surface area (TPSA) is 52.7 Å². The number of hydrogen-bond donors (Lipinski definition) is 1. The monoisotopic (exact) mass is 261 g/mol. The summed E-state index contributed by atoms with van der Waals surface area (Å²) in [6.07, 6.45) is 6.97. The van der Waals surface area contributed by atoms with Crippen LogP contribution in [0, 0.1) is 12.3 Å². The van der Waals surface area contributed by atoms with E-state index in [1.807, 2.05) is 0 Å². The highest BCUT2D eigenvalue weighted by atomic mass is 32.2. The summed E-state index contributed by atoms with van der Waals surface area (Å²) in [4.78, 5) is 0. The van der Waals surface area contributed by atoms with E-state index in [1.165, 1.54) is 15.7 Å². The van der Waals surface area contributed by atoms with Gasteiger partial charge >= 0.3 is 0 Å². The minimum atomic E-state index is -3.40. The smallest absolute Gasteiger partial charge is 0.282 e. The van der Waals surface area contributed by atoms with Crippen LogP contribution in [0.4, 0.5) is 0 Å². The lowest BCUT2D eigenvalue weighted by Gasteiger charge is -2.22. The normalized spacial score (nSPS) is 12.0. The number of terminal acetylenes is 1. The van der Waals surface area contributed by atoms with E-state index in [0.717, 1.165) is 25.9 Å². The Kier molecular flexibility index (Phi) is 8.17. The summed E-state index contributed by atoms with van der Waals surface area (Å²) in [6.45, 7) is 4.48. The summed E-state index contributed by atoms with van der Waals surface area (Å²) in [5.74, 6) is 2.32. The molecule has 0 aromatic rings. The minimum absolute atomic E-state index is 0.0980. The third-order valence-corrected chi connectivity index (χ3v) is 4.24. The summed E-state index contributed by atoms with van der Waals surface area (Å²) in [5, 5.41) is 3.23. The molecule has 5 nitrogen and oxygen atoms in total. The van der Waals surface area contributed by atoms with E-state index in [0.29, 0.717) is 6.54 Å². The third kappa shape index (κ3) is 6.03. The van der Waals surface area contributed by atoms with Gasteiger partial charge < -0.3 is 5.32 Å². The van der Waals surface area contributed by atoms with Crippen LogP contribution in [0.2, 0.25) is 0 Å². The molecule has 0 aliphatic carbocycles. The quantitative estimate of drug-likeness (QED) is 0.474. The Labute approximate surface area is 105 Å². The van der Waals surface area contributed by atoms with Gasteiger partial charge in [-0.3, -0.25) is 0 Å². The van der Waals surface area contributed by atoms with E-state index < -0.39 is 10.2 Å². The average molecular weight is 261 g/mol. The molecule has 0 unspecified atom stereocenters. The zero-order valence-electron chi connectivity index (χ0n) is 10.9. The summed E-state index contributed by atoms with van der Waals surface area (Å²) < 4.78 is 26.3. The van der Waals surface area contributed by atoms with E-state index in [1.54, 1.807) is 7.05 Å². The molecule has 0 radical (unpaired) electrons. The highest BCUT2D eigenvalue weighted by Gasteiger charge is 2.21. The van der Waals surface area contributed by atoms with Gasteiger partial charge in [-0.15, -0.1) is 6.42 Å². The second-order valence-corrected chi connectivity index (χ2v) is 6.04. The maximum atomic E-state index is 11.9. The molecule has 0 amide bonds. The van der Waals surface area contributed by atoms with Gasteiger partial charge in [0, 0.05) is 20.6 Å². The van der Waals surface area contributed by atoms with Crippen molar-refractivity contribution in [2.75, 3.05) is 40.3 Å². The Morgan fingerprint density at radius 1 is 1.24 bits per heavy atom. The second kappa shape index (κ2) is 8.48. The van der Waals surface area contributed by atoms with Crippen molar-refractivity contribution < 1.29 is 8.42 Å².